The van der Waals surface area contributed by atoms with Gasteiger partial charge in [-0.1, -0.05) is 29.8 Å². The van der Waals surface area contributed by atoms with Crippen LogP contribution in [-0.4, -0.2) is 10.9 Å². The van der Waals surface area contributed by atoms with E-state index in [0.717, 1.165) is 10.9 Å². The molecule has 3 rings (SSSR count). The van der Waals surface area contributed by atoms with Gasteiger partial charge in [-0.3, -0.25) is 9.59 Å². The molecule has 1 amide bonds. The monoisotopic (exact) mass is 324 g/mol. The number of hydrogen-bond acceptors (Lipinski definition) is 2. The van der Waals surface area contributed by atoms with Crippen LogP contribution in [0, 0.1) is 0 Å². The minimum atomic E-state index is -0.320. The van der Waals surface area contributed by atoms with Gasteiger partial charge in [-0.15, -0.1) is 0 Å². The summed E-state index contributed by atoms with van der Waals surface area (Å²) < 4.78 is 0. The predicted molar refractivity (Wildman–Crippen MR) is 93.7 cm³/mol. The summed E-state index contributed by atoms with van der Waals surface area (Å²) in [6.45, 7) is 0. The standard InChI is InChI=1S/C18H13ClN2O2/c19-14-6-8-15(9-7-14)20-17(22)10-5-13-11-12-3-1-2-4-16(12)21-18(13)23/h1-11H,(H,20,22)(H,21,23)/b10-5+. The summed E-state index contributed by atoms with van der Waals surface area (Å²) >= 11 is 5.79. The second-order valence-electron chi connectivity index (χ2n) is 4.97. The van der Waals surface area contributed by atoms with Gasteiger partial charge in [-0.2, -0.15) is 0 Å². The van der Waals surface area contributed by atoms with Gasteiger partial charge in [-0.05, 0) is 47.9 Å². The Morgan fingerprint density at radius 2 is 1.83 bits per heavy atom. The highest BCUT2D eigenvalue weighted by molar-refractivity contribution is 6.30. The molecule has 0 saturated heterocycles. The third-order valence-electron chi connectivity index (χ3n) is 3.31. The Labute approximate surface area is 137 Å². The van der Waals surface area contributed by atoms with E-state index in [0.29, 0.717) is 16.3 Å². The topological polar surface area (TPSA) is 62.0 Å². The number of carbonyl (C=O) groups excluding carboxylic acids is 1. The van der Waals surface area contributed by atoms with E-state index in [1.807, 2.05) is 24.3 Å². The number of fused-ring (bicyclic) bond motifs is 1. The first kappa shape index (κ1) is 15.1. The number of benzene rings is 2. The van der Waals surface area contributed by atoms with Crippen LogP contribution in [0.2, 0.25) is 5.02 Å². The molecule has 3 aromatic rings. The van der Waals surface area contributed by atoms with Crippen molar-refractivity contribution in [3.8, 4) is 0 Å². The third kappa shape index (κ3) is 3.67. The maximum absolute atomic E-state index is 12.0. The predicted octanol–water partition coefficient (Wildman–Crippen LogP) is 3.83. The number of aromatic amines is 1. The highest BCUT2D eigenvalue weighted by atomic mass is 35.5. The summed E-state index contributed by atoms with van der Waals surface area (Å²) in [4.78, 5) is 26.7. The van der Waals surface area contributed by atoms with Gasteiger partial charge in [0.15, 0.2) is 0 Å². The normalized spacial score (nSPS) is 11.0. The molecular formula is C18H13ClN2O2. The Balaban J connectivity index is 1.79. The Bertz CT molecular complexity index is 943. The zero-order valence-corrected chi connectivity index (χ0v) is 12.8. The van der Waals surface area contributed by atoms with Crippen molar-refractivity contribution >= 4 is 40.2 Å². The van der Waals surface area contributed by atoms with Crippen LogP contribution in [0.25, 0.3) is 17.0 Å². The van der Waals surface area contributed by atoms with Crippen molar-refractivity contribution in [3.05, 3.63) is 81.6 Å². The van der Waals surface area contributed by atoms with Crippen LogP contribution in [0.4, 0.5) is 5.69 Å². The molecule has 0 spiro atoms. The second-order valence-corrected chi connectivity index (χ2v) is 5.41. The average molecular weight is 325 g/mol. The van der Waals surface area contributed by atoms with Crippen molar-refractivity contribution in [1.29, 1.82) is 0 Å². The van der Waals surface area contributed by atoms with Crippen LogP contribution in [0.1, 0.15) is 5.56 Å². The van der Waals surface area contributed by atoms with E-state index in [9.17, 15) is 9.59 Å². The van der Waals surface area contributed by atoms with Gasteiger partial charge in [0.25, 0.3) is 5.56 Å². The smallest absolute Gasteiger partial charge is 0.255 e. The van der Waals surface area contributed by atoms with Crippen LogP contribution in [0.15, 0.2) is 65.5 Å². The molecule has 2 aromatic carbocycles. The van der Waals surface area contributed by atoms with Crippen molar-refractivity contribution in [3.63, 3.8) is 0 Å². The molecule has 1 heterocycles. The summed E-state index contributed by atoms with van der Waals surface area (Å²) in [6.07, 6.45) is 2.82. The molecule has 2 N–H and O–H groups in total. The highest BCUT2D eigenvalue weighted by Gasteiger charge is 2.01. The number of nitrogens with one attached hydrogen (secondary N) is 2. The lowest BCUT2D eigenvalue weighted by atomic mass is 10.1. The number of H-pyrrole nitrogens is 1. The fraction of sp³-hybridized carbons (Fsp3) is 0. The minimum absolute atomic E-state index is 0.237. The third-order valence-corrected chi connectivity index (χ3v) is 3.56. The number of halogens is 1. The fourth-order valence-corrected chi connectivity index (χ4v) is 2.30. The lowest BCUT2D eigenvalue weighted by Crippen LogP contribution is -2.11. The van der Waals surface area contributed by atoms with Gasteiger partial charge in [0, 0.05) is 27.9 Å². The first-order chi connectivity index (χ1) is 11.1. The van der Waals surface area contributed by atoms with Crippen molar-refractivity contribution in [2.45, 2.75) is 0 Å². The molecule has 0 radical (unpaired) electrons. The molecule has 4 nitrogen and oxygen atoms in total. The van der Waals surface area contributed by atoms with Crippen molar-refractivity contribution in [2.24, 2.45) is 0 Å². The molecule has 5 heteroatoms. The van der Waals surface area contributed by atoms with Crippen molar-refractivity contribution < 1.29 is 4.79 Å². The molecule has 0 atom stereocenters. The quantitative estimate of drug-likeness (QED) is 0.719. The van der Waals surface area contributed by atoms with Crippen LogP contribution >= 0.6 is 11.6 Å². The number of aromatic nitrogens is 1. The number of amides is 1. The minimum Gasteiger partial charge on any atom is -0.323 e. The maximum Gasteiger partial charge on any atom is 0.255 e. The first-order valence-corrected chi connectivity index (χ1v) is 7.36. The van der Waals surface area contributed by atoms with Crippen LogP contribution < -0.4 is 10.9 Å². The lowest BCUT2D eigenvalue weighted by Gasteiger charge is -2.02. The molecule has 1 aromatic heterocycles. The second kappa shape index (κ2) is 6.50. The van der Waals surface area contributed by atoms with Crippen LogP contribution in [-0.2, 0) is 4.79 Å². The van der Waals surface area contributed by atoms with Crippen molar-refractivity contribution in [2.75, 3.05) is 5.32 Å². The van der Waals surface area contributed by atoms with E-state index in [1.54, 1.807) is 30.3 Å². The summed E-state index contributed by atoms with van der Waals surface area (Å²) in [5.41, 5.74) is 1.59. The number of anilines is 1. The molecule has 114 valence electrons. The number of pyridine rings is 1. The lowest BCUT2D eigenvalue weighted by molar-refractivity contribution is -0.111. The molecule has 0 bridgehead atoms. The Morgan fingerprint density at radius 3 is 2.61 bits per heavy atom. The summed E-state index contributed by atoms with van der Waals surface area (Å²) in [5.74, 6) is -0.320. The molecule has 0 aliphatic carbocycles. The number of carbonyl (C=O) groups is 1. The van der Waals surface area contributed by atoms with E-state index < -0.39 is 0 Å². The summed E-state index contributed by atoms with van der Waals surface area (Å²) in [6, 6.07) is 16.0. The van der Waals surface area contributed by atoms with Gasteiger partial charge in [0.1, 0.15) is 0 Å². The average Bonchev–Trinajstić information content (AvgIpc) is 2.55. The van der Waals surface area contributed by atoms with Gasteiger partial charge in [0.05, 0.1) is 0 Å². The molecular weight excluding hydrogens is 312 g/mol. The summed E-state index contributed by atoms with van der Waals surface area (Å²) in [7, 11) is 0. The number of rotatable bonds is 3. The molecule has 0 saturated carbocycles. The van der Waals surface area contributed by atoms with Crippen molar-refractivity contribution in [1.82, 2.24) is 4.98 Å². The number of para-hydroxylation sites is 1. The van der Waals surface area contributed by atoms with Crippen LogP contribution in [0.5, 0.6) is 0 Å². The van der Waals surface area contributed by atoms with E-state index in [2.05, 4.69) is 10.3 Å². The SMILES string of the molecule is O=C(/C=C/c1cc2ccccc2[nH]c1=O)Nc1ccc(Cl)cc1. The molecule has 0 unspecified atom stereocenters. The van der Waals surface area contributed by atoms with Gasteiger partial charge in [0.2, 0.25) is 5.91 Å². The molecule has 23 heavy (non-hydrogen) atoms. The number of hydrogen-bond donors (Lipinski definition) is 2. The molecule has 0 aliphatic rings. The first-order valence-electron chi connectivity index (χ1n) is 6.98. The van der Waals surface area contributed by atoms with E-state index >= 15 is 0 Å². The Hall–Kier alpha value is -2.85. The molecule has 0 fully saturated rings. The van der Waals surface area contributed by atoms with Gasteiger partial charge >= 0.3 is 0 Å². The Kier molecular flexibility index (Phi) is 4.26. The zero-order valence-electron chi connectivity index (χ0n) is 12.0. The largest absolute Gasteiger partial charge is 0.323 e. The highest BCUT2D eigenvalue weighted by Crippen LogP contribution is 2.14. The maximum atomic E-state index is 12.0. The fourth-order valence-electron chi connectivity index (χ4n) is 2.17. The van der Waals surface area contributed by atoms with Crippen LogP contribution in [0.3, 0.4) is 0 Å². The van der Waals surface area contributed by atoms with E-state index in [1.165, 1.54) is 12.2 Å². The summed E-state index contributed by atoms with van der Waals surface area (Å²) in [5, 5.41) is 4.21. The van der Waals surface area contributed by atoms with Gasteiger partial charge in [-0.25, -0.2) is 0 Å². The molecule has 0 aliphatic heterocycles. The zero-order chi connectivity index (χ0) is 16.2. The van der Waals surface area contributed by atoms with Gasteiger partial charge < -0.3 is 10.3 Å². The van der Waals surface area contributed by atoms with E-state index in [-0.39, 0.29) is 11.5 Å². The van der Waals surface area contributed by atoms with E-state index in [4.69, 9.17) is 11.6 Å². The Morgan fingerprint density at radius 1 is 1.09 bits per heavy atom.